The summed E-state index contributed by atoms with van der Waals surface area (Å²) in [6, 6.07) is 11.5. The van der Waals surface area contributed by atoms with Crippen molar-refractivity contribution in [2.24, 2.45) is 0 Å². The van der Waals surface area contributed by atoms with Gasteiger partial charge in [-0.25, -0.2) is 4.39 Å². The molecule has 0 bridgehead atoms. The van der Waals surface area contributed by atoms with Crippen LogP contribution in [-0.4, -0.2) is 5.91 Å². The first-order valence-electron chi connectivity index (χ1n) is 6.00. The average molecular weight is 312 g/mol. The zero-order valence-corrected chi connectivity index (χ0v) is 12.0. The number of nitrogens with one attached hydrogen (secondary N) is 1. The fourth-order valence-electron chi connectivity index (χ4n) is 1.74. The molecule has 2 rings (SSSR count). The molecule has 1 amide bonds. The Bertz CT molecular complexity index is 631. The summed E-state index contributed by atoms with van der Waals surface area (Å²) in [6.07, 6.45) is -0.0343. The van der Waals surface area contributed by atoms with Crippen molar-refractivity contribution in [1.82, 2.24) is 5.32 Å². The van der Waals surface area contributed by atoms with E-state index in [-0.39, 0.29) is 12.3 Å². The lowest BCUT2D eigenvalue weighted by Gasteiger charge is -2.07. The normalized spacial score (nSPS) is 10.3. The summed E-state index contributed by atoms with van der Waals surface area (Å²) in [5.41, 5.74) is 1.13. The van der Waals surface area contributed by atoms with Crippen LogP contribution < -0.4 is 5.32 Å². The number of rotatable bonds is 4. The van der Waals surface area contributed by atoms with Gasteiger partial charge in [0.25, 0.3) is 0 Å². The van der Waals surface area contributed by atoms with E-state index in [9.17, 15) is 9.18 Å². The predicted molar refractivity (Wildman–Crippen MR) is 78.4 cm³/mol. The lowest BCUT2D eigenvalue weighted by molar-refractivity contribution is -0.120. The Balaban J connectivity index is 1.94. The molecule has 2 aromatic carbocycles. The summed E-state index contributed by atoms with van der Waals surface area (Å²) < 4.78 is 13.6. The van der Waals surface area contributed by atoms with E-state index in [1.54, 1.807) is 12.1 Å². The second-order valence-electron chi connectivity index (χ2n) is 4.28. The van der Waals surface area contributed by atoms with Crippen molar-refractivity contribution < 1.29 is 9.18 Å². The molecule has 5 heteroatoms. The molecule has 0 spiro atoms. The molecule has 0 unspecified atom stereocenters. The monoisotopic (exact) mass is 311 g/mol. The molecular weight excluding hydrogens is 300 g/mol. The Labute approximate surface area is 126 Å². The van der Waals surface area contributed by atoms with E-state index in [0.717, 1.165) is 5.56 Å². The van der Waals surface area contributed by atoms with Gasteiger partial charge in [0.05, 0.1) is 6.42 Å². The molecular formula is C15H12Cl2FNO. The van der Waals surface area contributed by atoms with Crippen LogP contribution in [0.15, 0.2) is 42.5 Å². The van der Waals surface area contributed by atoms with Crippen molar-refractivity contribution in [3.8, 4) is 0 Å². The van der Waals surface area contributed by atoms with Gasteiger partial charge >= 0.3 is 0 Å². The Morgan fingerprint density at radius 2 is 1.85 bits per heavy atom. The minimum Gasteiger partial charge on any atom is -0.352 e. The van der Waals surface area contributed by atoms with Gasteiger partial charge in [0.1, 0.15) is 5.82 Å². The fraction of sp³-hybridized carbons (Fsp3) is 0.133. The number of carbonyl (C=O) groups is 1. The standard InChI is InChI=1S/C15H12Cl2FNO/c16-12-6-5-10(14(18)8-12)7-15(20)19-9-11-3-1-2-4-13(11)17/h1-6,8H,7,9H2,(H,19,20). The Kier molecular flexibility index (Phi) is 4.99. The quantitative estimate of drug-likeness (QED) is 0.908. The first kappa shape index (κ1) is 14.8. The summed E-state index contributed by atoms with van der Waals surface area (Å²) in [7, 11) is 0. The topological polar surface area (TPSA) is 29.1 Å². The van der Waals surface area contributed by atoms with Crippen molar-refractivity contribution in [3.05, 3.63) is 69.5 Å². The van der Waals surface area contributed by atoms with Crippen LogP contribution in [0.3, 0.4) is 0 Å². The van der Waals surface area contributed by atoms with E-state index in [2.05, 4.69) is 5.32 Å². The highest BCUT2D eigenvalue weighted by Crippen LogP contribution is 2.16. The lowest BCUT2D eigenvalue weighted by atomic mass is 10.1. The molecule has 0 atom stereocenters. The molecule has 1 N–H and O–H groups in total. The van der Waals surface area contributed by atoms with Crippen LogP contribution in [0.5, 0.6) is 0 Å². The van der Waals surface area contributed by atoms with Crippen molar-refractivity contribution in [2.75, 3.05) is 0 Å². The third-order valence-electron chi connectivity index (χ3n) is 2.80. The summed E-state index contributed by atoms with van der Waals surface area (Å²) in [5.74, 6) is -0.753. The highest BCUT2D eigenvalue weighted by molar-refractivity contribution is 6.31. The molecule has 0 fully saturated rings. The molecule has 2 nitrogen and oxygen atoms in total. The number of halogens is 3. The molecule has 0 aliphatic rings. The molecule has 2 aromatic rings. The third-order valence-corrected chi connectivity index (χ3v) is 3.40. The maximum Gasteiger partial charge on any atom is 0.224 e. The Morgan fingerprint density at radius 1 is 1.10 bits per heavy atom. The third kappa shape index (κ3) is 3.95. The maximum absolute atomic E-state index is 13.6. The second kappa shape index (κ2) is 6.73. The van der Waals surface area contributed by atoms with Gasteiger partial charge in [-0.05, 0) is 29.3 Å². The fourth-order valence-corrected chi connectivity index (χ4v) is 2.10. The first-order valence-corrected chi connectivity index (χ1v) is 6.76. The predicted octanol–water partition coefficient (Wildman–Crippen LogP) is 3.99. The van der Waals surface area contributed by atoms with Gasteiger partial charge in [0.15, 0.2) is 0 Å². The van der Waals surface area contributed by atoms with E-state index < -0.39 is 5.82 Å². The number of benzene rings is 2. The number of hydrogen-bond donors (Lipinski definition) is 1. The van der Waals surface area contributed by atoms with Crippen molar-refractivity contribution in [2.45, 2.75) is 13.0 Å². The van der Waals surface area contributed by atoms with Gasteiger partial charge in [0, 0.05) is 16.6 Å². The SMILES string of the molecule is O=C(Cc1ccc(Cl)cc1F)NCc1ccccc1Cl. The van der Waals surface area contributed by atoms with Gasteiger partial charge < -0.3 is 5.32 Å². The van der Waals surface area contributed by atoms with Crippen LogP contribution >= 0.6 is 23.2 Å². The van der Waals surface area contributed by atoms with E-state index in [1.165, 1.54) is 12.1 Å². The van der Waals surface area contributed by atoms with Gasteiger partial charge in [-0.1, -0.05) is 47.5 Å². The van der Waals surface area contributed by atoms with Crippen LogP contribution in [0.2, 0.25) is 10.0 Å². The summed E-state index contributed by atoms with van der Waals surface area (Å²) in [6.45, 7) is 0.313. The summed E-state index contributed by atoms with van der Waals surface area (Å²) in [5, 5.41) is 3.60. The van der Waals surface area contributed by atoms with Gasteiger partial charge in [-0.15, -0.1) is 0 Å². The minimum absolute atomic E-state index is 0.0343. The molecule has 0 radical (unpaired) electrons. The molecule has 0 heterocycles. The maximum atomic E-state index is 13.6. The van der Waals surface area contributed by atoms with Crippen LogP contribution in [-0.2, 0) is 17.8 Å². The largest absolute Gasteiger partial charge is 0.352 e. The molecule has 0 aliphatic carbocycles. The van der Waals surface area contributed by atoms with Crippen LogP contribution in [0, 0.1) is 5.82 Å². The van der Waals surface area contributed by atoms with E-state index in [0.29, 0.717) is 22.2 Å². The number of amides is 1. The Hall–Kier alpha value is -1.58. The van der Waals surface area contributed by atoms with Crippen molar-refractivity contribution in [1.29, 1.82) is 0 Å². The second-order valence-corrected chi connectivity index (χ2v) is 5.12. The van der Waals surface area contributed by atoms with Crippen molar-refractivity contribution in [3.63, 3.8) is 0 Å². The lowest BCUT2D eigenvalue weighted by Crippen LogP contribution is -2.25. The number of hydrogen-bond acceptors (Lipinski definition) is 1. The molecule has 0 saturated carbocycles. The Morgan fingerprint density at radius 3 is 2.55 bits per heavy atom. The highest BCUT2D eigenvalue weighted by Gasteiger charge is 2.09. The molecule has 0 aliphatic heterocycles. The average Bonchev–Trinajstić information content (AvgIpc) is 2.41. The van der Waals surface area contributed by atoms with E-state index in [4.69, 9.17) is 23.2 Å². The summed E-state index contributed by atoms with van der Waals surface area (Å²) in [4.78, 5) is 11.8. The summed E-state index contributed by atoms with van der Waals surface area (Å²) >= 11 is 11.6. The van der Waals surface area contributed by atoms with E-state index >= 15 is 0 Å². The van der Waals surface area contributed by atoms with Gasteiger partial charge in [-0.3, -0.25) is 4.79 Å². The molecule has 0 saturated heterocycles. The molecule has 104 valence electrons. The van der Waals surface area contributed by atoms with Gasteiger partial charge in [0.2, 0.25) is 5.91 Å². The van der Waals surface area contributed by atoms with Crippen molar-refractivity contribution >= 4 is 29.1 Å². The zero-order chi connectivity index (χ0) is 14.5. The van der Waals surface area contributed by atoms with Crippen LogP contribution in [0.1, 0.15) is 11.1 Å². The van der Waals surface area contributed by atoms with Crippen LogP contribution in [0.4, 0.5) is 4.39 Å². The van der Waals surface area contributed by atoms with Crippen LogP contribution in [0.25, 0.3) is 0 Å². The molecule has 0 aromatic heterocycles. The van der Waals surface area contributed by atoms with Gasteiger partial charge in [-0.2, -0.15) is 0 Å². The van der Waals surface area contributed by atoms with E-state index in [1.807, 2.05) is 18.2 Å². The number of carbonyl (C=O) groups excluding carboxylic acids is 1. The molecule has 20 heavy (non-hydrogen) atoms. The first-order chi connectivity index (χ1) is 9.56. The highest BCUT2D eigenvalue weighted by atomic mass is 35.5. The smallest absolute Gasteiger partial charge is 0.224 e. The minimum atomic E-state index is -0.481. The zero-order valence-electron chi connectivity index (χ0n) is 10.5.